The zero-order chi connectivity index (χ0) is 12.8. The van der Waals surface area contributed by atoms with Crippen LogP contribution in [0, 0.1) is 11.3 Å². The fourth-order valence-corrected chi connectivity index (χ4v) is 1.15. The highest BCUT2D eigenvalue weighted by Crippen LogP contribution is 2.27. The van der Waals surface area contributed by atoms with Gasteiger partial charge < -0.3 is 10.1 Å². The lowest BCUT2D eigenvalue weighted by Crippen LogP contribution is -2.14. The van der Waals surface area contributed by atoms with Crippen molar-refractivity contribution in [2.24, 2.45) is 0 Å². The molecule has 0 saturated carbocycles. The molecule has 0 heterocycles. The van der Waals surface area contributed by atoms with Crippen LogP contribution in [0.15, 0.2) is 18.2 Å². The van der Waals surface area contributed by atoms with Crippen LogP contribution in [0.5, 0.6) is 5.75 Å². The lowest BCUT2D eigenvalue weighted by molar-refractivity contribution is -0.114. The molecule has 0 saturated heterocycles. The summed E-state index contributed by atoms with van der Waals surface area (Å²) in [6, 6.07) is 5.51. The largest absolute Gasteiger partial charge is 0.433 e. The molecule has 4 nitrogen and oxygen atoms in total. The van der Waals surface area contributed by atoms with Gasteiger partial charge in [0.2, 0.25) is 5.91 Å². The first-order valence-electron chi connectivity index (χ1n) is 4.41. The van der Waals surface area contributed by atoms with Gasteiger partial charge >= 0.3 is 6.61 Å². The number of amides is 1. The van der Waals surface area contributed by atoms with E-state index in [1.54, 1.807) is 0 Å². The van der Waals surface area contributed by atoms with E-state index < -0.39 is 12.5 Å². The number of anilines is 1. The second kappa shape index (κ2) is 6.01. The van der Waals surface area contributed by atoms with Crippen LogP contribution in [0.3, 0.4) is 0 Å². The molecule has 0 radical (unpaired) electrons. The van der Waals surface area contributed by atoms with E-state index in [9.17, 15) is 13.6 Å². The number of hydrogen-bond donors (Lipinski definition) is 1. The van der Waals surface area contributed by atoms with E-state index in [2.05, 4.69) is 10.1 Å². The maximum absolute atomic E-state index is 12.1. The van der Waals surface area contributed by atoms with Gasteiger partial charge in [0, 0.05) is 0 Å². The predicted octanol–water partition coefficient (Wildman–Crippen LogP) is 2.34. The van der Waals surface area contributed by atoms with Crippen LogP contribution in [-0.4, -0.2) is 18.4 Å². The number of carbonyl (C=O) groups is 1. The number of ether oxygens (including phenoxy) is 1. The Morgan fingerprint density at radius 2 is 2.29 bits per heavy atom. The molecule has 0 aliphatic carbocycles. The van der Waals surface area contributed by atoms with Crippen molar-refractivity contribution in [1.29, 1.82) is 5.26 Å². The molecule has 0 aliphatic heterocycles. The number of carbonyl (C=O) groups excluding carboxylic acids is 1. The highest BCUT2D eigenvalue weighted by molar-refractivity contribution is 6.29. The van der Waals surface area contributed by atoms with Gasteiger partial charge in [-0.2, -0.15) is 14.0 Å². The van der Waals surface area contributed by atoms with Crippen molar-refractivity contribution in [3.8, 4) is 11.8 Å². The summed E-state index contributed by atoms with van der Waals surface area (Å²) < 4.78 is 28.3. The average Bonchev–Trinajstić information content (AvgIpc) is 2.30. The maximum Gasteiger partial charge on any atom is 0.387 e. The number of alkyl halides is 3. The topological polar surface area (TPSA) is 62.1 Å². The summed E-state index contributed by atoms with van der Waals surface area (Å²) in [7, 11) is 0. The molecule has 1 aromatic carbocycles. The first kappa shape index (κ1) is 13.2. The van der Waals surface area contributed by atoms with E-state index in [0.717, 1.165) is 0 Å². The van der Waals surface area contributed by atoms with Crippen molar-refractivity contribution in [2.45, 2.75) is 6.61 Å². The summed E-state index contributed by atoms with van der Waals surface area (Å²) in [6.07, 6.45) is 0. The van der Waals surface area contributed by atoms with E-state index in [1.807, 2.05) is 6.07 Å². The van der Waals surface area contributed by atoms with Gasteiger partial charge in [-0.15, -0.1) is 11.6 Å². The lowest BCUT2D eigenvalue weighted by Gasteiger charge is -2.11. The molecule has 1 amide bonds. The first-order valence-corrected chi connectivity index (χ1v) is 4.95. The lowest BCUT2D eigenvalue weighted by atomic mass is 10.2. The molecule has 0 aromatic heterocycles. The van der Waals surface area contributed by atoms with Gasteiger partial charge in [-0.3, -0.25) is 4.79 Å². The summed E-state index contributed by atoms with van der Waals surface area (Å²) in [6.45, 7) is -3.02. The molecule has 0 unspecified atom stereocenters. The molecule has 0 spiro atoms. The molecular formula is C10H7ClF2N2O2. The number of hydrogen-bond acceptors (Lipinski definition) is 3. The normalized spacial score (nSPS) is 9.82. The minimum absolute atomic E-state index is 0.0185. The standard InChI is InChI=1S/C10H7ClF2N2O2/c11-4-9(16)15-7-3-6(5-14)1-2-8(7)17-10(12)13/h1-3,10H,4H2,(H,15,16). The minimum Gasteiger partial charge on any atom is -0.433 e. The Morgan fingerprint density at radius 3 is 2.82 bits per heavy atom. The predicted molar refractivity (Wildman–Crippen MR) is 57.1 cm³/mol. The van der Waals surface area contributed by atoms with E-state index in [-0.39, 0.29) is 22.9 Å². The van der Waals surface area contributed by atoms with Crippen molar-refractivity contribution in [2.75, 3.05) is 11.2 Å². The number of nitrogens with zero attached hydrogens (tertiary/aromatic N) is 1. The fourth-order valence-electron chi connectivity index (χ4n) is 1.08. The van der Waals surface area contributed by atoms with Crippen LogP contribution in [0.1, 0.15) is 5.56 Å². The number of halogens is 3. The number of nitriles is 1. The van der Waals surface area contributed by atoms with Gasteiger partial charge in [-0.1, -0.05) is 0 Å². The van der Waals surface area contributed by atoms with Gasteiger partial charge in [0.1, 0.15) is 11.6 Å². The fraction of sp³-hybridized carbons (Fsp3) is 0.200. The first-order chi connectivity index (χ1) is 8.06. The van der Waals surface area contributed by atoms with Crippen LogP contribution in [0.4, 0.5) is 14.5 Å². The van der Waals surface area contributed by atoms with Crippen LogP contribution in [0.25, 0.3) is 0 Å². The maximum atomic E-state index is 12.1. The molecule has 90 valence electrons. The molecule has 0 aliphatic rings. The zero-order valence-electron chi connectivity index (χ0n) is 8.41. The summed E-state index contributed by atoms with van der Waals surface area (Å²) in [5, 5.41) is 10.9. The Kier molecular flexibility index (Phi) is 4.67. The molecule has 0 bridgehead atoms. The third kappa shape index (κ3) is 3.89. The van der Waals surface area contributed by atoms with Crippen LogP contribution in [0.2, 0.25) is 0 Å². The van der Waals surface area contributed by atoms with E-state index in [1.165, 1.54) is 18.2 Å². The number of benzene rings is 1. The third-order valence-corrected chi connectivity index (χ3v) is 1.96. The van der Waals surface area contributed by atoms with Gasteiger partial charge in [0.15, 0.2) is 0 Å². The SMILES string of the molecule is N#Cc1ccc(OC(F)F)c(NC(=O)CCl)c1. The van der Waals surface area contributed by atoms with Gasteiger partial charge in [-0.05, 0) is 18.2 Å². The summed E-state index contributed by atoms with van der Waals surface area (Å²) >= 11 is 5.27. The zero-order valence-corrected chi connectivity index (χ0v) is 9.17. The second-order valence-electron chi connectivity index (χ2n) is 2.88. The molecular weight excluding hydrogens is 254 g/mol. The van der Waals surface area contributed by atoms with E-state index in [0.29, 0.717) is 0 Å². The quantitative estimate of drug-likeness (QED) is 0.845. The van der Waals surface area contributed by atoms with Gasteiger partial charge in [0.25, 0.3) is 0 Å². The molecule has 7 heteroatoms. The Balaban J connectivity index is 3.03. The molecule has 0 fully saturated rings. The highest BCUT2D eigenvalue weighted by Gasteiger charge is 2.12. The smallest absolute Gasteiger partial charge is 0.387 e. The average molecular weight is 261 g/mol. The summed E-state index contributed by atoms with van der Waals surface area (Å²) in [5.41, 5.74) is 0.187. The van der Waals surface area contributed by atoms with Crippen molar-refractivity contribution >= 4 is 23.2 Å². The van der Waals surface area contributed by atoms with Crippen LogP contribution >= 0.6 is 11.6 Å². The Bertz CT molecular complexity index is 460. The van der Waals surface area contributed by atoms with Crippen molar-refractivity contribution in [3.63, 3.8) is 0 Å². The highest BCUT2D eigenvalue weighted by atomic mass is 35.5. The minimum atomic E-state index is -3.02. The number of rotatable bonds is 4. The van der Waals surface area contributed by atoms with Crippen LogP contribution < -0.4 is 10.1 Å². The van der Waals surface area contributed by atoms with Gasteiger partial charge in [0.05, 0.1) is 17.3 Å². The van der Waals surface area contributed by atoms with Crippen molar-refractivity contribution < 1.29 is 18.3 Å². The molecule has 1 aromatic rings. The summed E-state index contributed by atoms with van der Waals surface area (Å²) in [4.78, 5) is 11.0. The Hall–Kier alpha value is -1.87. The van der Waals surface area contributed by atoms with Crippen molar-refractivity contribution in [3.05, 3.63) is 23.8 Å². The van der Waals surface area contributed by atoms with Crippen LogP contribution in [-0.2, 0) is 4.79 Å². The molecule has 0 atom stereocenters. The Labute approximate surface area is 101 Å². The molecule has 1 rings (SSSR count). The molecule has 1 N–H and O–H groups in total. The number of nitrogens with one attached hydrogen (secondary N) is 1. The van der Waals surface area contributed by atoms with Crippen molar-refractivity contribution in [1.82, 2.24) is 0 Å². The third-order valence-electron chi connectivity index (χ3n) is 1.72. The molecule has 17 heavy (non-hydrogen) atoms. The monoisotopic (exact) mass is 260 g/mol. The Morgan fingerprint density at radius 1 is 1.59 bits per heavy atom. The van der Waals surface area contributed by atoms with E-state index in [4.69, 9.17) is 16.9 Å². The van der Waals surface area contributed by atoms with Gasteiger partial charge in [-0.25, -0.2) is 0 Å². The summed E-state index contributed by atoms with van der Waals surface area (Å²) in [5.74, 6) is -1.14. The second-order valence-corrected chi connectivity index (χ2v) is 3.15. The van der Waals surface area contributed by atoms with E-state index >= 15 is 0 Å².